The highest BCUT2D eigenvalue weighted by atomic mass is 16.5. The van der Waals surface area contributed by atoms with Gasteiger partial charge in [0.05, 0.1) is 6.61 Å². The zero-order valence-electron chi connectivity index (χ0n) is 15.4. The summed E-state index contributed by atoms with van der Waals surface area (Å²) in [5.41, 5.74) is 5.24. The van der Waals surface area contributed by atoms with Crippen molar-refractivity contribution in [3.05, 3.63) is 59.7 Å². The van der Waals surface area contributed by atoms with Crippen LogP contribution in [0.4, 0.5) is 4.79 Å². The van der Waals surface area contributed by atoms with Gasteiger partial charge < -0.3 is 15.2 Å². The Bertz CT molecular complexity index is 833. The highest BCUT2D eigenvalue weighted by Crippen LogP contribution is 2.68. The molecule has 0 aromatic heterocycles. The molecule has 1 amide bonds. The largest absolute Gasteiger partial charge is 0.449 e. The monoisotopic (exact) mass is 363 g/mol. The molecule has 2 aromatic carbocycles. The average Bonchev–Trinajstić information content (AvgIpc) is 3.40. The minimum absolute atomic E-state index is 0.0772. The van der Waals surface area contributed by atoms with Crippen molar-refractivity contribution in [1.29, 1.82) is 0 Å². The lowest BCUT2D eigenvalue weighted by Gasteiger charge is -2.47. The number of hydrogen-bond donors (Lipinski definition) is 2. The zero-order valence-corrected chi connectivity index (χ0v) is 15.4. The van der Waals surface area contributed by atoms with E-state index >= 15 is 0 Å². The first-order valence-electron chi connectivity index (χ1n) is 9.84. The minimum Gasteiger partial charge on any atom is -0.449 e. The molecule has 3 aliphatic carbocycles. The second-order valence-electron chi connectivity index (χ2n) is 8.69. The van der Waals surface area contributed by atoms with Gasteiger partial charge in [-0.15, -0.1) is 0 Å². The maximum absolute atomic E-state index is 12.3. The van der Waals surface area contributed by atoms with E-state index in [9.17, 15) is 9.90 Å². The molecule has 0 unspecified atom stereocenters. The molecule has 4 heteroatoms. The molecule has 140 valence electrons. The summed E-state index contributed by atoms with van der Waals surface area (Å²) in [6.07, 6.45) is 4.22. The molecule has 0 atom stereocenters. The quantitative estimate of drug-likeness (QED) is 0.842. The molecule has 2 saturated carbocycles. The molecule has 5 rings (SSSR count). The van der Waals surface area contributed by atoms with Gasteiger partial charge in [0, 0.05) is 17.9 Å². The van der Waals surface area contributed by atoms with E-state index < -0.39 is 0 Å². The molecule has 1 spiro atoms. The van der Waals surface area contributed by atoms with Crippen LogP contribution >= 0.6 is 0 Å². The summed E-state index contributed by atoms with van der Waals surface area (Å²) in [4.78, 5) is 12.3. The van der Waals surface area contributed by atoms with Crippen molar-refractivity contribution in [3.63, 3.8) is 0 Å². The van der Waals surface area contributed by atoms with Gasteiger partial charge in [-0.2, -0.15) is 0 Å². The van der Waals surface area contributed by atoms with Gasteiger partial charge in [0.15, 0.2) is 0 Å². The lowest BCUT2D eigenvalue weighted by atomic mass is 9.60. The van der Waals surface area contributed by atoms with Gasteiger partial charge >= 0.3 is 6.09 Å². The summed E-state index contributed by atoms with van der Waals surface area (Å²) in [6, 6.07) is 16.7. The van der Waals surface area contributed by atoms with Gasteiger partial charge in [0.1, 0.15) is 6.61 Å². The number of amides is 1. The molecule has 0 aliphatic heterocycles. The van der Waals surface area contributed by atoms with Crippen molar-refractivity contribution in [2.75, 3.05) is 19.8 Å². The van der Waals surface area contributed by atoms with Gasteiger partial charge in [-0.05, 0) is 53.4 Å². The molecular weight excluding hydrogens is 338 g/mol. The van der Waals surface area contributed by atoms with Gasteiger partial charge in [-0.1, -0.05) is 48.5 Å². The van der Waals surface area contributed by atoms with Gasteiger partial charge in [-0.25, -0.2) is 4.79 Å². The Morgan fingerprint density at radius 2 is 1.63 bits per heavy atom. The molecule has 2 fully saturated rings. The summed E-state index contributed by atoms with van der Waals surface area (Å²) in [5.74, 6) is 0.0772. The van der Waals surface area contributed by atoms with E-state index in [0.29, 0.717) is 18.6 Å². The van der Waals surface area contributed by atoms with Crippen LogP contribution in [-0.2, 0) is 4.74 Å². The Hall–Kier alpha value is -2.33. The Morgan fingerprint density at radius 3 is 2.19 bits per heavy atom. The minimum atomic E-state index is -0.388. The third kappa shape index (κ3) is 2.83. The van der Waals surface area contributed by atoms with Crippen molar-refractivity contribution in [1.82, 2.24) is 5.32 Å². The van der Waals surface area contributed by atoms with E-state index in [2.05, 4.69) is 29.6 Å². The number of alkyl carbamates (subject to hydrolysis) is 1. The van der Waals surface area contributed by atoms with E-state index in [1.807, 2.05) is 24.3 Å². The number of aliphatic hydroxyl groups is 1. The molecule has 2 aromatic rings. The Labute approximate surface area is 159 Å². The number of nitrogens with one attached hydrogen (secondary N) is 1. The van der Waals surface area contributed by atoms with Crippen LogP contribution in [0.2, 0.25) is 0 Å². The molecule has 0 radical (unpaired) electrons. The second-order valence-corrected chi connectivity index (χ2v) is 8.69. The van der Waals surface area contributed by atoms with Crippen molar-refractivity contribution in [2.45, 2.75) is 31.6 Å². The SMILES string of the molecule is O=C(NCC1(CO)CC2(CC2)C1)OCC1c2ccccc2-c2ccccc21. The summed E-state index contributed by atoms with van der Waals surface area (Å²) < 4.78 is 5.58. The fourth-order valence-electron chi connectivity index (χ4n) is 5.27. The van der Waals surface area contributed by atoms with E-state index in [1.165, 1.54) is 35.1 Å². The fourth-order valence-corrected chi connectivity index (χ4v) is 5.27. The maximum Gasteiger partial charge on any atom is 0.407 e. The van der Waals surface area contributed by atoms with Crippen molar-refractivity contribution in [3.8, 4) is 11.1 Å². The lowest BCUT2D eigenvalue weighted by Crippen LogP contribution is -2.49. The van der Waals surface area contributed by atoms with Gasteiger partial charge in [0.2, 0.25) is 0 Å². The first kappa shape index (κ1) is 16.8. The maximum atomic E-state index is 12.3. The normalized spacial score (nSPS) is 20.5. The van der Waals surface area contributed by atoms with Gasteiger partial charge in [0.25, 0.3) is 0 Å². The smallest absolute Gasteiger partial charge is 0.407 e. The van der Waals surface area contributed by atoms with E-state index in [4.69, 9.17) is 4.74 Å². The third-order valence-electron chi connectivity index (χ3n) is 6.74. The van der Waals surface area contributed by atoms with Crippen molar-refractivity contribution >= 4 is 6.09 Å². The summed E-state index contributed by atoms with van der Waals surface area (Å²) >= 11 is 0. The van der Waals surface area contributed by atoms with E-state index in [-0.39, 0.29) is 24.0 Å². The molecule has 0 bridgehead atoms. The topological polar surface area (TPSA) is 58.6 Å². The van der Waals surface area contributed by atoms with Crippen LogP contribution in [0, 0.1) is 10.8 Å². The summed E-state index contributed by atoms with van der Waals surface area (Å²) in [5, 5.41) is 12.6. The van der Waals surface area contributed by atoms with Crippen LogP contribution < -0.4 is 5.32 Å². The summed E-state index contributed by atoms with van der Waals surface area (Å²) in [6.45, 7) is 0.969. The van der Waals surface area contributed by atoms with Gasteiger partial charge in [-0.3, -0.25) is 0 Å². The van der Waals surface area contributed by atoms with Crippen LogP contribution in [0.15, 0.2) is 48.5 Å². The number of carbonyl (C=O) groups is 1. The second kappa shape index (κ2) is 6.10. The van der Waals surface area contributed by atoms with Crippen LogP contribution in [0.25, 0.3) is 11.1 Å². The predicted molar refractivity (Wildman–Crippen MR) is 103 cm³/mol. The van der Waals surface area contributed by atoms with Crippen LogP contribution in [0.3, 0.4) is 0 Å². The number of hydrogen-bond acceptors (Lipinski definition) is 3. The average molecular weight is 363 g/mol. The molecule has 0 heterocycles. The Balaban J connectivity index is 1.22. The molecule has 2 N–H and O–H groups in total. The molecular formula is C23H25NO3. The lowest BCUT2D eigenvalue weighted by molar-refractivity contribution is -0.0183. The first-order chi connectivity index (χ1) is 13.1. The standard InChI is InChI=1S/C23H25NO3/c25-15-23(12-22(13-23)9-10-22)14-24-21(26)27-11-20-18-7-3-1-5-16(18)17-6-2-4-8-19(17)20/h1-8,20,25H,9-15H2,(H,24,26). The zero-order chi connectivity index (χ0) is 18.5. The van der Waals surface area contributed by atoms with E-state index in [1.54, 1.807) is 0 Å². The van der Waals surface area contributed by atoms with Crippen LogP contribution in [0.1, 0.15) is 42.7 Å². The Kier molecular flexibility index (Phi) is 3.80. The number of carbonyl (C=O) groups excluding carboxylic acids is 1. The molecule has 4 nitrogen and oxygen atoms in total. The fraction of sp³-hybridized carbons (Fsp3) is 0.435. The van der Waals surface area contributed by atoms with Crippen LogP contribution in [0.5, 0.6) is 0 Å². The van der Waals surface area contributed by atoms with Crippen LogP contribution in [-0.4, -0.2) is 31.0 Å². The Morgan fingerprint density at radius 1 is 1.04 bits per heavy atom. The highest BCUT2D eigenvalue weighted by molar-refractivity contribution is 5.79. The predicted octanol–water partition coefficient (Wildman–Crippen LogP) is 4.08. The first-order valence-corrected chi connectivity index (χ1v) is 9.84. The van der Waals surface area contributed by atoms with E-state index in [0.717, 1.165) is 12.8 Å². The number of ether oxygens (including phenoxy) is 1. The van der Waals surface area contributed by atoms with Crippen molar-refractivity contribution in [2.24, 2.45) is 10.8 Å². The number of fused-ring (bicyclic) bond motifs is 3. The summed E-state index contributed by atoms with van der Waals surface area (Å²) in [7, 11) is 0. The highest BCUT2D eigenvalue weighted by Gasteiger charge is 2.60. The van der Waals surface area contributed by atoms with Crippen molar-refractivity contribution < 1.29 is 14.6 Å². The molecule has 3 aliphatic rings. The number of aliphatic hydroxyl groups excluding tert-OH is 1. The third-order valence-corrected chi connectivity index (χ3v) is 6.74. The molecule has 0 saturated heterocycles. The number of benzene rings is 2. The molecule has 27 heavy (non-hydrogen) atoms. The number of rotatable bonds is 5.